The molecule has 0 aliphatic carbocycles. The molecule has 0 atom stereocenters. The average molecular weight is 319 g/mol. The summed E-state index contributed by atoms with van der Waals surface area (Å²) in [6.45, 7) is 1.79. The van der Waals surface area contributed by atoms with Crippen LogP contribution in [0.2, 0.25) is 5.02 Å². The van der Waals surface area contributed by atoms with Crippen molar-refractivity contribution < 1.29 is 15.0 Å². The molecule has 0 saturated carbocycles. The molecule has 6 heteroatoms. The van der Waals surface area contributed by atoms with Crippen molar-refractivity contribution in [1.82, 2.24) is 9.55 Å². The first-order valence-corrected chi connectivity index (χ1v) is 6.91. The van der Waals surface area contributed by atoms with E-state index in [1.165, 1.54) is 0 Å². The fourth-order valence-electron chi connectivity index (χ4n) is 1.96. The third-order valence-electron chi connectivity index (χ3n) is 2.87. The van der Waals surface area contributed by atoms with Gasteiger partial charge in [0.1, 0.15) is 5.75 Å². The van der Waals surface area contributed by atoms with E-state index in [4.69, 9.17) is 21.5 Å². The molecule has 0 saturated heterocycles. The van der Waals surface area contributed by atoms with E-state index in [0.29, 0.717) is 6.54 Å². The molecule has 0 aliphatic heterocycles. The molecule has 1 aromatic heterocycles. The minimum atomic E-state index is -0.833. The Labute approximate surface area is 132 Å². The van der Waals surface area contributed by atoms with Gasteiger partial charge < -0.3 is 14.8 Å². The zero-order valence-electron chi connectivity index (χ0n) is 11.9. The Bertz CT molecular complexity index is 778. The van der Waals surface area contributed by atoms with E-state index in [0.717, 1.165) is 28.5 Å². The van der Waals surface area contributed by atoms with Gasteiger partial charge in [-0.2, -0.15) is 0 Å². The highest BCUT2D eigenvalue weighted by Crippen LogP contribution is 2.20. The third kappa shape index (κ3) is 4.23. The van der Waals surface area contributed by atoms with Gasteiger partial charge in [0, 0.05) is 24.6 Å². The number of carboxylic acids is 1. The predicted octanol–water partition coefficient (Wildman–Crippen LogP) is 3.53. The van der Waals surface area contributed by atoms with Gasteiger partial charge in [-0.1, -0.05) is 23.7 Å². The van der Waals surface area contributed by atoms with E-state index < -0.39 is 5.97 Å². The number of benzene rings is 2. The molecule has 2 aromatic carbocycles. The summed E-state index contributed by atoms with van der Waals surface area (Å²) in [7, 11) is 0. The first-order valence-electron chi connectivity index (χ1n) is 6.53. The van der Waals surface area contributed by atoms with Crippen LogP contribution in [0.3, 0.4) is 0 Å². The second-order valence-electron chi connectivity index (χ2n) is 4.69. The largest absolute Gasteiger partial charge is 0.508 e. The average Bonchev–Trinajstić information content (AvgIpc) is 2.83. The number of aliphatic carboxylic acids is 1. The molecule has 0 bridgehead atoms. The molecule has 0 fully saturated rings. The van der Waals surface area contributed by atoms with Gasteiger partial charge in [0.25, 0.3) is 5.97 Å². The number of nitrogens with zero attached hydrogens (tertiary/aromatic N) is 2. The van der Waals surface area contributed by atoms with Gasteiger partial charge >= 0.3 is 0 Å². The van der Waals surface area contributed by atoms with E-state index in [-0.39, 0.29) is 5.75 Å². The topological polar surface area (TPSA) is 75.3 Å². The standard InChI is InChI=1S/C14H11ClN2O.C2H4O2/c15-11-3-1-10(2-4-11)8-17-9-16-13-6-5-12(18)7-14(13)17;1-2(3)4/h1-7,9,18H,8H2;1H3,(H,3,4). The molecule has 0 unspecified atom stereocenters. The number of hydrogen-bond acceptors (Lipinski definition) is 3. The quantitative estimate of drug-likeness (QED) is 0.758. The summed E-state index contributed by atoms with van der Waals surface area (Å²) in [5, 5.41) is 17.7. The second kappa shape index (κ2) is 6.95. The second-order valence-corrected chi connectivity index (χ2v) is 5.13. The molecule has 0 amide bonds. The summed E-state index contributed by atoms with van der Waals surface area (Å²) in [4.78, 5) is 13.3. The highest BCUT2D eigenvalue weighted by atomic mass is 35.5. The van der Waals surface area contributed by atoms with Crippen molar-refractivity contribution in [3.05, 3.63) is 59.4 Å². The van der Waals surface area contributed by atoms with Crippen LogP contribution in [0.15, 0.2) is 48.8 Å². The molecule has 114 valence electrons. The third-order valence-corrected chi connectivity index (χ3v) is 3.12. The van der Waals surface area contributed by atoms with Crippen LogP contribution in [-0.4, -0.2) is 25.7 Å². The molecular formula is C16H15ClN2O3. The van der Waals surface area contributed by atoms with Crippen molar-refractivity contribution in [3.63, 3.8) is 0 Å². The van der Waals surface area contributed by atoms with E-state index in [1.807, 2.05) is 34.9 Å². The fraction of sp³-hybridized carbons (Fsp3) is 0.125. The summed E-state index contributed by atoms with van der Waals surface area (Å²) < 4.78 is 2.00. The molecule has 3 aromatic rings. The number of carboxylic acid groups (broad SMARTS) is 1. The maximum absolute atomic E-state index is 9.52. The predicted molar refractivity (Wildman–Crippen MR) is 85.3 cm³/mol. The van der Waals surface area contributed by atoms with Gasteiger partial charge in [-0.3, -0.25) is 4.79 Å². The summed E-state index contributed by atoms with van der Waals surface area (Å²) >= 11 is 5.86. The zero-order valence-corrected chi connectivity index (χ0v) is 12.7. The minimum Gasteiger partial charge on any atom is -0.508 e. The number of halogens is 1. The molecule has 0 aliphatic rings. The normalized spacial score (nSPS) is 10.1. The van der Waals surface area contributed by atoms with Crippen molar-refractivity contribution in [1.29, 1.82) is 0 Å². The molecule has 5 nitrogen and oxygen atoms in total. The molecule has 3 rings (SSSR count). The number of phenolic OH excluding ortho intramolecular Hbond substituents is 1. The number of rotatable bonds is 2. The van der Waals surface area contributed by atoms with Gasteiger partial charge in [-0.15, -0.1) is 0 Å². The van der Waals surface area contributed by atoms with E-state index in [1.54, 1.807) is 18.5 Å². The van der Waals surface area contributed by atoms with Crippen LogP contribution in [-0.2, 0) is 11.3 Å². The first-order chi connectivity index (χ1) is 10.5. The summed E-state index contributed by atoms with van der Waals surface area (Å²) in [5.41, 5.74) is 2.94. The Morgan fingerprint density at radius 3 is 2.50 bits per heavy atom. The highest BCUT2D eigenvalue weighted by Gasteiger charge is 2.04. The van der Waals surface area contributed by atoms with E-state index in [9.17, 15) is 5.11 Å². The van der Waals surface area contributed by atoms with Crippen LogP contribution in [0.5, 0.6) is 5.75 Å². The Morgan fingerprint density at radius 2 is 1.86 bits per heavy atom. The van der Waals surface area contributed by atoms with Crippen molar-refractivity contribution >= 4 is 28.6 Å². The maximum Gasteiger partial charge on any atom is 0.300 e. The molecule has 0 radical (unpaired) electrons. The summed E-state index contributed by atoms with van der Waals surface area (Å²) in [6.07, 6.45) is 1.78. The van der Waals surface area contributed by atoms with Crippen molar-refractivity contribution in [3.8, 4) is 5.75 Å². The molecule has 2 N–H and O–H groups in total. The number of imidazole rings is 1. The van der Waals surface area contributed by atoms with Crippen molar-refractivity contribution in [2.45, 2.75) is 13.5 Å². The number of carbonyl (C=O) groups is 1. The fourth-order valence-corrected chi connectivity index (χ4v) is 2.08. The molecule has 1 heterocycles. The van der Waals surface area contributed by atoms with Gasteiger partial charge in [0.15, 0.2) is 0 Å². The molecule has 0 spiro atoms. The Kier molecular flexibility index (Phi) is 5.01. The van der Waals surface area contributed by atoms with Gasteiger partial charge in [-0.05, 0) is 29.8 Å². The van der Waals surface area contributed by atoms with Crippen LogP contribution in [0.4, 0.5) is 0 Å². The zero-order chi connectivity index (χ0) is 16.1. The highest BCUT2D eigenvalue weighted by molar-refractivity contribution is 6.30. The van der Waals surface area contributed by atoms with Crippen molar-refractivity contribution in [2.75, 3.05) is 0 Å². The smallest absolute Gasteiger partial charge is 0.300 e. The van der Waals surface area contributed by atoms with Gasteiger partial charge in [-0.25, -0.2) is 4.98 Å². The van der Waals surface area contributed by atoms with Crippen LogP contribution in [0, 0.1) is 0 Å². The summed E-state index contributed by atoms with van der Waals surface area (Å²) in [6, 6.07) is 12.9. The van der Waals surface area contributed by atoms with E-state index in [2.05, 4.69) is 4.98 Å². The SMILES string of the molecule is CC(=O)O.Oc1ccc2ncn(Cc3ccc(Cl)cc3)c2c1. The van der Waals surface area contributed by atoms with Gasteiger partial charge in [0.2, 0.25) is 0 Å². The number of fused-ring (bicyclic) bond motifs is 1. The Hall–Kier alpha value is -2.53. The van der Waals surface area contributed by atoms with E-state index >= 15 is 0 Å². The first kappa shape index (κ1) is 15.9. The number of phenols is 1. The lowest BCUT2D eigenvalue weighted by Crippen LogP contribution is -1.97. The Balaban J connectivity index is 0.000000396. The van der Waals surface area contributed by atoms with Crippen LogP contribution < -0.4 is 0 Å². The van der Waals surface area contributed by atoms with Crippen LogP contribution in [0.25, 0.3) is 11.0 Å². The molecule has 22 heavy (non-hydrogen) atoms. The Morgan fingerprint density at radius 1 is 1.23 bits per heavy atom. The number of aromatic hydroxyl groups is 1. The maximum atomic E-state index is 9.52. The summed E-state index contributed by atoms with van der Waals surface area (Å²) in [5.74, 6) is -0.583. The lowest BCUT2D eigenvalue weighted by Gasteiger charge is -2.05. The van der Waals surface area contributed by atoms with Crippen molar-refractivity contribution in [2.24, 2.45) is 0 Å². The van der Waals surface area contributed by atoms with Gasteiger partial charge in [0.05, 0.1) is 17.4 Å². The number of aromatic nitrogens is 2. The lowest BCUT2D eigenvalue weighted by atomic mass is 10.2. The molecular weight excluding hydrogens is 304 g/mol. The minimum absolute atomic E-state index is 0.250. The lowest BCUT2D eigenvalue weighted by molar-refractivity contribution is -0.134. The monoisotopic (exact) mass is 318 g/mol. The van der Waals surface area contributed by atoms with Crippen LogP contribution >= 0.6 is 11.6 Å². The number of hydrogen-bond donors (Lipinski definition) is 2. The van der Waals surface area contributed by atoms with Crippen LogP contribution in [0.1, 0.15) is 12.5 Å².